The first-order valence-corrected chi connectivity index (χ1v) is 6.98. The van der Waals surface area contributed by atoms with Gasteiger partial charge in [-0.25, -0.2) is 0 Å². The molecule has 0 unspecified atom stereocenters. The van der Waals surface area contributed by atoms with E-state index < -0.39 is 0 Å². The summed E-state index contributed by atoms with van der Waals surface area (Å²) in [5, 5.41) is 11.8. The van der Waals surface area contributed by atoms with Gasteiger partial charge in [-0.2, -0.15) is 21.3 Å². The number of nitrogens with zero attached hydrogens (tertiary/aromatic N) is 5. The summed E-state index contributed by atoms with van der Waals surface area (Å²) in [6.45, 7) is 2.86. The van der Waals surface area contributed by atoms with E-state index in [1.807, 2.05) is 28.8 Å². The van der Waals surface area contributed by atoms with E-state index in [0.717, 1.165) is 5.56 Å². The van der Waals surface area contributed by atoms with Gasteiger partial charge in [0.1, 0.15) is 0 Å². The van der Waals surface area contributed by atoms with Crippen LogP contribution < -0.4 is 0 Å². The molecule has 0 saturated heterocycles. The lowest BCUT2D eigenvalue weighted by molar-refractivity contribution is 0.252. The maximum atomic E-state index is 5.24. The molecule has 3 heterocycles. The van der Waals surface area contributed by atoms with Gasteiger partial charge in [-0.3, -0.25) is 4.90 Å². The maximum Gasteiger partial charge on any atom is 0.241 e. The standard InChI is InChI=1S/C12H13N5O2S/c1-8-13-10(15-18-8)5-17(2)6-11-14-12(16-19-11)9-3-4-20-7-9/h3-4,7H,5-6H2,1-2H3. The van der Waals surface area contributed by atoms with E-state index in [1.165, 1.54) is 0 Å². The largest absolute Gasteiger partial charge is 0.340 e. The van der Waals surface area contributed by atoms with Crippen molar-refractivity contribution in [1.82, 2.24) is 25.2 Å². The van der Waals surface area contributed by atoms with Crippen LogP contribution in [0.3, 0.4) is 0 Å². The van der Waals surface area contributed by atoms with Gasteiger partial charge in [-0.15, -0.1) is 0 Å². The first kappa shape index (κ1) is 12.9. The predicted octanol–water partition coefficient (Wildman–Crippen LogP) is 2.12. The molecule has 3 aromatic rings. The summed E-state index contributed by atoms with van der Waals surface area (Å²) in [5.41, 5.74) is 0.974. The molecule has 104 valence electrons. The van der Waals surface area contributed by atoms with Crippen LogP contribution in [0.1, 0.15) is 17.6 Å². The zero-order valence-corrected chi connectivity index (χ0v) is 11.9. The lowest BCUT2D eigenvalue weighted by Gasteiger charge is -2.10. The molecule has 0 atom stereocenters. The summed E-state index contributed by atoms with van der Waals surface area (Å²) >= 11 is 1.60. The summed E-state index contributed by atoms with van der Waals surface area (Å²) < 4.78 is 10.2. The number of thiophene rings is 1. The Kier molecular flexibility index (Phi) is 3.57. The zero-order valence-electron chi connectivity index (χ0n) is 11.1. The third-order valence-electron chi connectivity index (χ3n) is 2.63. The van der Waals surface area contributed by atoms with Crippen LogP contribution >= 0.6 is 11.3 Å². The second-order valence-electron chi connectivity index (χ2n) is 4.43. The second kappa shape index (κ2) is 5.51. The van der Waals surface area contributed by atoms with Crippen LogP contribution in [-0.4, -0.2) is 32.2 Å². The minimum atomic E-state index is 0.532. The molecular weight excluding hydrogens is 278 g/mol. The average molecular weight is 291 g/mol. The second-order valence-corrected chi connectivity index (χ2v) is 5.21. The quantitative estimate of drug-likeness (QED) is 0.712. The Morgan fingerprint density at radius 1 is 1.20 bits per heavy atom. The molecule has 0 amide bonds. The molecule has 0 spiro atoms. The van der Waals surface area contributed by atoms with Crippen LogP contribution in [0.15, 0.2) is 25.9 Å². The van der Waals surface area contributed by atoms with Crippen LogP contribution in [0.2, 0.25) is 0 Å². The molecular formula is C12H13N5O2S. The van der Waals surface area contributed by atoms with Gasteiger partial charge in [0.25, 0.3) is 0 Å². The van der Waals surface area contributed by atoms with E-state index in [2.05, 4.69) is 20.3 Å². The van der Waals surface area contributed by atoms with Crippen LogP contribution in [0, 0.1) is 6.92 Å². The van der Waals surface area contributed by atoms with Crippen LogP contribution in [-0.2, 0) is 13.1 Å². The summed E-state index contributed by atoms with van der Waals surface area (Å²) in [5.74, 6) is 2.38. The Bertz CT molecular complexity index is 676. The van der Waals surface area contributed by atoms with Crippen molar-refractivity contribution in [3.05, 3.63) is 34.4 Å². The molecule has 0 bridgehead atoms. The molecule has 0 aliphatic carbocycles. The number of aromatic nitrogens is 4. The Morgan fingerprint density at radius 3 is 2.80 bits per heavy atom. The summed E-state index contributed by atoms with van der Waals surface area (Å²) in [4.78, 5) is 10.5. The van der Waals surface area contributed by atoms with E-state index in [-0.39, 0.29) is 0 Å². The van der Waals surface area contributed by atoms with Gasteiger partial charge in [0.2, 0.25) is 17.6 Å². The summed E-state index contributed by atoms with van der Waals surface area (Å²) in [7, 11) is 1.93. The molecule has 3 rings (SSSR count). The van der Waals surface area contributed by atoms with Crippen molar-refractivity contribution >= 4 is 11.3 Å². The molecule has 0 radical (unpaired) electrons. The molecule has 0 N–H and O–H groups in total. The van der Waals surface area contributed by atoms with Crippen molar-refractivity contribution < 1.29 is 9.05 Å². The predicted molar refractivity (Wildman–Crippen MR) is 71.8 cm³/mol. The Morgan fingerprint density at radius 2 is 2.10 bits per heavy atom. The highest BCUT2D eigenvalue weighted by molar-refractivity contribution is 7.08. The highest BCUT2D eigenvalue weighted by atomic mass is 32.1. The fraction of sp³-hybridized carbons (Fsp3) is 0.333. The molecule has 0 aromatic carbocycles. The van der Waals surface area contributed by atoms with Gasteiger partial charge >= 0.3 is 0 Å². The molecule has 20 heavy (non-hydrogen) atoms. The Labute approximate surface area is 119 Å². The van der Waals surface area contributed by atoms with Gasteiger partial charge in [-0.05, 0) is 18.5 Å². The van der Waals surface area contributed by atoms with E-state index in [9.17, 15) is 0 Å². The van der Waals surface area contributed by atoms with E-state index >= 15 is 0 Å². The molecule has 0 saturated carbocycles. The van der Waals surface area contributed by atoms with Crippen LogP contribution in [0.5, 0.6) is 0 Å². The molecule has 7 nitrogen and oxygen atoms in total. The average Bonchev–Trinajstić information content (AvgIpc) is 3.10. The maximum absolute atomic E-state index is 5.24. The van der Waals surface area contributed by atoms with Crippen molar-refractivity contribution in [3.63, 3.8) is 0 Å². The Hall–Kier alpha value is -2.06. The van der Waals surface area contributed by atoms with E-state index in [0.29, 0.717) is 36.5 Å². The first-order valence-electron chi connectivity index (χ1n) is 6.03. The minimum absolute atomic E-state index is 0.532. The van der Waals surface area contributed by atoms with Gasteiger partial charge < -0.3 is 9.05 Å². The lowest BCUT2D eigenvalue weighted by Crippen LogP contribution is -2.18. The first-order chi connectivity index (χ1) is 9.70. The minimum Gasteiger partial charge on any atom is -0.340 e. The third kappa shape index (κ3) is 2.91. The van der Waals surface area contributed by atoms with Crippen molar-refractivity contribution in [2.24, 2.45) is 0 Å². The van der Waals surface area contributed by atoms with Crippen LogP contribution in [0.4, 0.5) is 0 Å². The molecule has 0 fully saturated rings. The van der Waals surface area contributed by atoms with E-state index in [1.54, 1.807) is 18.3 Å². The highest BCUT2D eigenvalue weighted by Gasteiger charge is 2.13. The zero-order chi connectivity index (χ0) is 13.9. The lowest BCUT2D eigenvalue weighted by atomic mass is 10.3. The topological polar surface area (TPSA) is 81.1 Å². The van der Waals surface area contributed by atoms with Crippen molar-refractivity contribution in [3.8, 4) is 11.4 Å². The van der Waals surface area contributed by atoms with Crippen molar-refractivity contribution in [2.75, 3.05) is 7.05 Å². The van der Waals surface area contributed by atoms with Crippen molar-refractivity contribution in [2.45, 2.75) is 20.0 Å². The summed E-state index contributed by atoms with van der Waals surface area (Å²) in [6.07, 6.45) is 0. The fourth-order valence-corrected chi connectivity index (χ4v) is 2.40. The fourth-order valence-electron chi connectivity index (χ4n) is 1.76. The smallest absolute Gasteiger partial charge is 0.241 e. The number of hydrogen-bond donors (Lipinski definition) is 0. The molecule has 3 aromatic heterocycles. The molecule has 8 heteroatoms. The Balaban J connectivity index is 1.63. The van der Waals surface area contributed by atoms with Gasteiger partial charge in [-0.1, -0.05) is 10.3 Å². The normalized spacial score (nSPS) is 11.3. The number of rotatable bonds is 5. The molecule has 0 aliphatic rings. The number of hydrogen-bond acceptors (Lipinski definition) is 8. The van der Waals surface area contributed by atoms with Crippen LogP contribution in [0.25, 0.3) is 11.4 Å². The third-order valence-corrected chi connectivity index (χ3v) is 3.32. The van der Waals surface area contributed by atoms with Gasteiger partial charge in [0.15, 0.2) is 5.82 Å². The highest BCUT2D eigenvalue weighted by Crippen LogP contribution is 2.19. The van der Waals surface area contributed by atoms with E-state index in [4.69, 9.17) is 9.05 Å². The molecule has 0 aliphatic heterocycles. The number of aryl methyl sites for hydroxylation is 1. The monoisotopic (exact) mass is 291 g/mol. The van der Waals surface area contributed by atoms with Gasteiger partial charge in [0, 0.05) is 17.9 Å². The SMILES string of the molecule is Cc1nc(CN(C)Cc2nc(-c3ccsc3)no2)no1. The summed E-state index contributed by atoms with van der Waals surface area (Å²) in [6, 6.07) is 1.96. The van der Waals surface area contributed by atoms with Crippen molar-refractivity contribution in [1.29, 1.82) is 0 Å². The van der Waals surface area contributed by atoms with Gasteiger partial charge in [0.05, 0.1) is 13.1 Å².